The van der Waals surface area contributed by atoms with E-state index in [1.165, 1.54) is 16.4 Å². The Morgan fingerprint density at radius 2 is 1.52 bits per heavy atom. The third kappa shape index (κ3) is 4.66. The number of carbonyl (C=O) groups is 1. The van der Waals surface area contributed by atoms with Gasteiger partial charge in [0.2, 0.25) is 5.91 Å². The van der Waals surface area contributed by atoms with Gasteiger partial charge < -0.3 is 5.32 Å². The quantitative estimate of drug-likeness (QED) is 0.655. The fourth-order valence-electron chi connectivity index (χ4n) is 3.14. The number of amides is 1. The highest BCUT2D eigenvalue weighted by Crippen LogP contribution is 2.27. The summed E-state index contributed by atoms with van der Waals surface area (Å²) in [4.78, 5) is 12.9. The lowest BCUT2D eigenvalue weighted by Gasteiger charge is -2.26. The van der Waals surface area contributed by atoms with Gasteiger partial charge in [-0.15, -0.1) is 0 Å². The number of hydrogen-bond donors (Lipinski definition) is 1. The van der Waals surface area contributed by atoms with Gasteiger partial charge in [0.15, 0.2) is 0 Å². The Hall–Kier alpha value is -3.12. The Bertz CT molecular complexity index is 1130. The van der Waals surface area contributed by atoms with Crippen LogP contribution in [0.25, 0.3) is 0 Å². The van der Waals surface area contributed by atoms with Gasteiger partial charge in [-0.1, -0.05) is 54.1 Å². The molecule has 0 aliphatic carbocycles. The SMILES string of the molecule is Cc1ccc(N(CC(=O)Nc2ccccc2C)S(=O)(=O)c2ccccc2)c(C)c1. The van der Waals surface area contributed by atoms with E-state index in [4.69, 9.17) is 0 Å². The maximum atomic E-state index is 13.4. The summed E-state index contributed by atoms with van der Waals surface area (Å²) in [6, 6.07) is 21.0. The molecule has 0 bridgehead atoms. The van der Waals surface area contributed by atoms with Crippen LogP contribution in [0, 0.1) is 20.8 Å². The highest BCUT2D eigenvalue weighted by molar-refractivity contribution is 7.92. The van der Waals surface area contributed by atoms with E-state index in [1.807, 2.05) is 51.1 Å². The van der Waals surface area contributed by atoms with Gasteiger partial charge in [0.25, 0.3) is 10.0 Å². The van der Waals surface area contributed by atoms with E-state index in [9.17, 15) is 13.2 Å². The van der Waals surface area contributed by atoms with Crippen LogP contribution in [-0.4, -0.2) is 20.9 Å². The first-order valence-corrected chi connectivity index (χ1v) is 10.7. The molecule has 29 heavy (non-hydrogen) atoms. The number of rotatable bonds is 6. The van der Waals surface area contributed by atoms with E-state index in [1.54, 1.807) is 30.3 Å². The van der Waals surface area contributed by atoms with Gasteiger partial charge in [-0.2, -0.15) is 0 Å². The first kappa shape index (κ1) is 20.6. The molecule has 0 aliphatic rings. The predicted molar refractivity (Wildman–Crippen MR) is 117 cm³/mol. The standard InChI is InChI=1S/C23H24N2O3S/c1-17-13-14-22(19(3)15-17)25(29(27,28)20-10-5-4-6-11-20)16-23(26)24-21-12-8-7-9-18(21)2/h4-15H,16H2,1-3H3,(H,24,26). The number of hydrogen-bond acceptors (Lipinski definition) is 3. The van der Waals surface area contributed by atoms with E-state index in [0.29, 0.717) is 11.4 Å². The Balaban J connectivity index is 1.99. The third-order valence-corrected chi connectivity index (χ3v) is 6.43. The number of para-hydroxylation sites is 1. The summed E-state index contributed by atoms with van der Waals surface area (Å²) in [6.07, 6.45) is 0. The molecule has 0 radical (unpaired) electrons. The Labute approximate surface area is 172 Å². The molecule has 0 saturated heterocycles. The minimum atomic E-state index is -3.91. The molecule has 0 aromatic heterocycles. The van der Waals surface area contributed by atoms with Gasteiger partial charge in [0.1, 0.15) is 6.54 Å². The molecule has 0 unspecified atom stereocenters. The van der Waals surface area contributed by atoms with Crippen LogP contribution < -0.4 is 9.62 Å². The van der Waals surface area contributed by atoms with Crippen LogP contribution in [-0.2, 0) is 14.8 Å². The molecule has 3 aromatic carbocycles. The minimum Gasteiger partial charge on any atom is -0.324 e. The summed E-state index contributed by atoms with van der Waals surface area (Å²) in [6.45, 7) is 5.35. The topological polar surface area (TPSA) is 66.5 Å². The zero-order valence-corrected chi connectivity index (χ0v) is 17.5. The predicted octanol–water partition coefficient (Wildman–Crippen LogP) is 4.45. The van der Waals surface area contributed by atoms with Gasteiger partial charge in [-0.25, -0.2) is 8.42 Å². The van der Waals surface area contributed by atoms with Crippen LogP contribution in [0.1, 0.15) is 16.7 Å². The maximum absolute atomic E-state index is 13.4. The number of carbonyl (C=O) groups excluding carboxylic acids is 1. The lowest BCUT2D eigenvalue weighted by atomic mass is 10.1. The molecular formula is C23H24N2O3S. The smallest absolute Gasteiger partial charge is 0.264 e. The number of aryl methyl sites for hydroxylation is 3. The van der Waals surface area contributed by atoms with Crippen LogP contribution >= 0.6 is 0 Å². The first-order chi connectivity index (χ1) is 13.8. The largest absolute Gasteiger partial charge is 0.324 e. The highest BCUT2D eigenvalue weighted by atomic mass is 32.2. The molecule has 0 fully saturated rings. The average molecular weight is 409 g/mol. The lowest BCUT2D eigenvalue weighted by Crippen LogP contribution is -2.38. The van der Waals surface area contributed by atoms with Crippen LogP contribution in [0.15, 0.2) is 77.7 Å². The van der Waals surface area contributed by atoms with Crippen molar-refractivity contribution in [3.63, 3.8) is 0 Å². The van der Waals surface area contributed by atoms with Gasteiger partial charge in [-0.05, 0) is 56.2 Å². The molecule has 3 aromatic rings. The van der Waals surface area contributed by atoms with Crippen molar-refractivity contribution in [1.29, 1.82) is 0 Å². The van der Waals surface area contributed by atoms with Gasteiger partial charge in [0, 0.05) is 5.69 Å². The van der Waals surface area contributed by atoms with Crippen LogP contribution in [0.5, 0.6) is 0 Å². The zero-order chi connectivity index (χ0) is 21.0. The van der Waals surface area contributed by atoms with E-state index in [-0.39, 0.29) is 11.4 Å². The number of sulfonamides is 1. The number of nitrogens with one attached hydrogen (secondary N) is 1. The van der Waals surface area contributed by atoms with Crippen molar-refractivity contribution < 1.29 is 13.2 Å². The molecule has 5 nitrogen and oxygen atoms in total. The fourth-order valence-corrected chi connectivity index (χ4v) is 4.64. The normalized spacial score (nSPS) is 11.1. The first-order valence-electron chi connectivity index (χ1n) is 9.29. The van der Waals surface area contributed by atoms with Crippen molar-refractivity contribution in [3.05, 3.63) is 89.5 Å². The molecule has 0 saturated carbocycles. The van der Waals surface area contributed by atoms with E-state index in [0.717, 1.165) is 16.7 Å². The Kier molecular flexibility index (Phi) is 6.03. The van der Waals surface area contributed by atoms with Crippen molar-refractivity contribution in [2.75, 3.05) is 16.2 Å². The summed E-state index contributed by atoms with van der Waals surface area (Å²) < 4.78 is 27.9. The second-order valence-corrected chi connectivity index (χ2v) is 8.84. The monoisotopic (exact) mass is 408 g/mol. The summed E-state index contributed by atoms with van der Waals surface area (Å²) >= 11 is 0. The molecule has 0 spiro atoms. The van der Waals surface area contributed by atoms with Gasteiger partial charge in [-0.3, -0.25) is 9.10 Å². The Morgan fingerprint density at radius 3 is 2.17 bits per heavy atom. The van der Waals surface area contributed by atoms with Crippen molar-refractivity contribution in [3.8, 4) is 0 Å². The molecule has 3 rings (SSSR count). The van der Waals surface area contributed by atoms with Crippen LogP contribution in [0.4, 0.5) is 11.4 Å². The fraction of sp³-hybridized carbons (Fsp3) is 0.174. The molecule has 0 aliphatic heterocycles. The van der Waals surface area contributed by atoms with Crippen molar-refractivity contribution in [1.82, 2.24) is 0 Å². The van der Waals surface area contributed by atoms with E-state index in [2.05, 4.69) is 5.32 Å². The molecule has 0 atom stereocenters. The third-order valence-electron chi connectivity index (χ3n) is 4.66. The number of anilines is 2. The summed E-state index contributed by atoms with van der Waals surface area (Å²) in [7, 11) is -3.91. The number of benzene rings is 3. The molecule has 1 amide bonds. The number of nitrogens with zero attached hydrogens (tertiary/aromatic N) is 1. The summed E-state index contributed by atoms with van der Waals surface area (Å²) in [5.74, 6) is -0.404. The lowest BCUT2D eigenvalue weighted by molar-refractivity contribution is -0.114. The van der Waals surface area contributed by atoms with E-state index < -0.39 is 15.9 Å². The zero-order valence-electron chi connectivity index (χ0n) is 16.7. The molecule has 150 valence electrons. The van der Waals surface area contributed by atoms with Crippen molar-refractivity contribution in [2.45, 2.75) is 25.7 Å². The van der Waals surface area contributed by atoms with Crippen molar-refractivity contribution >= 4 is 27.3 Å². The van der Waals surface area contributed by atoms with Crippen molar-refractivity contribution in [2.24, 2.45) is 0 Å². The summed E-state index contributed by atoms with van der Waals surface area (Å²) in [5, 5.41) is 2.82. The molecule has 6 heteroatoms. The van der Waals surface area contributed by atoms with E-state index >= 15 is 0 Å². The molecule has 0 heterocycles. The highest BCUT2D eigenvalue weighted by Gasteiger charge is 2.28. The minimum absolute atomic E-state index is 0.142. The summed E-state index contributed by atoms with van der Waals surface area (Å²) in [5.41, 5.74) is 3.86. The van der Waals surface area contributed by atoms with Gasteiger partial charge >= 0.3 is 0 Å². The van der Waals surface area contributed by atoms with Crippen LogP contribution in [0.3, 0.4) is 0 Å². The van der Waals surface area contributed by atoms with Gasteiger partial charge in [0.05, 0.1) is 10.6 Å². The second-order valence-electron chi connectivity index (χ2n) is 6.98. The molecule has 1 N–H and O–H groups in total. The maximum Gasteiger partial charge on any atom is 0.264 e. The average Bonchev–Trinajstić information content (AvgIpc) is 2.69. The molecular weight excluding hydrogens is 384 g/mol. The second kappa shape index (κ2) is 8.49. The van der Waals surface area contributed by atoms with Crippen LogP contribution in [0.2, 0.25) is 0 Å². The Morgan fingerprint density at radius 1 is 0.862 bits per heavy atom.